The van der Waals surface area contributed by atoms with Crippen LogP contribution in [-0.4, -0.2) is 39.8 Å². The largest absolute Gasteiger partial charge is 0.480 e. The number of carboxylic acid groups (broad SMARTS) is 1. The first-order valence-corrected chi connectivity index (χ1v) is 6.32. The molecule has 1 saturated heterocycles. The Balaban J connectivity index is 2.15. The summed E-state index contributed by atoms with van der Waals surface area (Å²) >= 11 is 5.87. The van der Waals surface area contributed by atoms with E-state index in [-0.39, 0.29) is 36.5 Å². The minimum Gasteiger partial charge on any atom is -0.480 e. The SMILES string of the molecule is O=C(O)[C@H](Cc1ccc(F)cc1)N1CC(Cl)CC1=O. The molecule has 0 aliphatic carbocycles. The van der Waals surface area contributed by atoms with Gasteiger partial charge in [0.15, 0.2) is 0 Å². The van der Waals surface area contributed by atoms with E-state index in [0.29, 0.717) is 5.56 Å². The number of hydrogen-bond donors (Lipinski definition) is 1. The quantitative estimate of drug-likeness (QED) is 0.856. The highest BCUT2D eigenvalue weighted by Crippen LogP contribution is 2.21. The molecule has 1 aliphatic heterocycles. The van der Waals surface area contributed by atoms with Gasteiger partial charge < -0.3 is 10.0 Å². The van der Waals surface area contributed by atoms with Gasteiger partial charge in [-0.25, -0.2) is 9.18 Å². The van der Waals surface area contributed by atoms with Gasteiger partial charge in [-0.05, 0) is 17.7 Å². The minimum atomic E-state index is -1.08. The van der Waals surface area contributed by atoms with E-state index in [1.807, 2.05) is 0 Å². The minimum absolute atomic E-state index is 0.144. The Kier molecular flexibility index (Phi) is 4.04. The van der Waals surface area contributed by atoms with Crippen LogP contribution in [-0.2, 0) is 16.0 Å². The molecule has 1 unspecified atom stereocenters. The topological polar surface area (TPSA) is 57.6 Å². The average molecular weight is 286 g/mol. The predicted molar refractivity (Wildman–Crippen MR) is 67.5 cm³/mol. The van der Waals surface area contributed by atoms with Crippen molar-refractivity contribution in [1.29, 1.82) is 0 Å². The molecular formula is C13H13ClFNO3. The fourth-order valence-electron chi connectivity index (χ4n) is 2.16. The summed E-state index contributed by atoms with van der Waals surface area (Å²) in [7, 11) is 0. The lowest BCUT2D eigenvalue weighted by Gasteiger charge is -2.24. The van der Waals surface area contributed by atoms with E-state index in [1.165, 1.54) is 29.2 Å². The summed E-state index contributed by atoms with van der Waals surface area (Å²) < 4.78 is 12.8. The van der Waals surface area contributed by atoms with Crippen LogP contribution < -0.4 is 0 Å². The summed E-state index contributed by atoms with van der Waals surface area (Å²) in [6.45, 7) is 0.235. The van der Waals surface area contributed by atoms with E-state index in [1.54, 1.807) is 0 Å². The number of benzene rings is 1. The number of alkyl halides is 1. The molecule has 102 valence electrons. The Morgan fingerprint density at radius 2 is 2.11 bits per heavy atom. The molecule has 1 aromatic rings. The molecule has 4 nitrogen and oxygen atoms in total. The van der Waals surface area contributed by atoms with Crippen molar-refractivity contribution in [3.63, 3.8) is 0 Å². The van der Waals surface area contributed by atoms with Gasteiger partial charge in [-0.1, -0.05) is 12.1 Å². The zero-order valence-corrected chi connectivity index (χ0v) is 10.8. The number of amides is 1. The third-order valence-electron chi connectivity index (χ3n) is 3.11. The second-order valence-electron chi connectivity index (χ2n) is 4.53. The van der Waals surface area contributed by atoms with Crippen LogP contribution in [0.1, 0.15) is 12.0 Å². The summed E-state index contributed by atoms with van der Waals surface area (Å²) in [6.07, 6.45) is 0.305. The standard InChI is InChI=1S/C13H13ClFNO3/c14-9-6-12(17)16(7-9)11(13(18)19)5-8-1-3-10(15)4-2-8/h1-4,9,11H,5-7H2,(H,18,19)/t9?,11-/m0/s1. The highest BCUT2D eigenvalue weighted by molar-refractivity contribution is 6.22. The van der Waals surface area contributed by atoms with Gasteiger partial charge in [0, 0.05) is 19.4 Å². The van der Waals surface area contributed by atoms with Crippen LogP contribution in [0.2, 0.25) is 0 Å². The molecule has 0 aromatic heterocycles. The zero-order valence-electron chi connectivity index (χ0n) is 10.1. The fourth-order valence-corrected chi connectivity index (χ4v) is 2.44. The van der Waals surface area contributed by atoms with E-state index in [2.05, 4.69) is 0 Å². The van der Waals surface area contributed by atoms with Crippen LogP contribution in [0.15, 0.2) is 24.3 Å². The Bertz CT molecular complexity index is 491. The number of hydrogen-bond acceptors (Lipinski definition) is 2. The van der Waals surface area contributed by atoms with Crippen molar-refractivity contribution in [2.45, 2.75) is 24.3 Å². The van der Waals surface area contributed by atoms with Crippen LogP contribution in [0.25, 0.3) is 0 Å². The number of nitrogens with zero attached hydrogens (tertiary/aromatic N) is 1. The maximum atomic E-state index is 12.8. The third-order valence-corrected chi connectivity index (χ3v) is 3.41. The maximum Gasteiger partial charge on any atom is 0.326 e. The van der Waals surface area contributed by atoms with Gasteiger partial charge in [0.05, 0.1) is 5.38 Å². The van der Waals surface area contributed by atoms with E-state index in [9.17, 15) is 19.1 Å². The maximum absolute atomic E-state index is 12.8. The molecule has 0 spiro atoms. The van der Waals surface area contributed by atoms with Crippen LogP contribution in [0.3, 0.4) is 0 Å². The van der Waals surface area contributed by atoms with Crippen molar-refractivity contribution in [2.24, 2.45) is 0 Å². The van der Waals surface area contributed by atoms with Gasteiger partial charge in [0.2, 0.25) is 5.91 Å². The smallest absolute Gasteiger partial charge is 0.326 e. The Labute approximate surface area is 114 Å². The highest BCUT2D eigenvalue weighted by Gasteiger charge is 2.36. The number of halogens is 2. The van der Waals surface area contributed by atoms with Crippen LogP contribution in [0.4, 0.5) is 4.39 Å². The number of carbonyl (C=O) groups excluding carboxylic acids is 1. The summed E-state index contributed by atoms with van der Waals surface area (Å²) in [6, 6.07) is 4.62. The summed E-state index contributed by atoms with van der Waals surface area (Å²) in [4.78, 5) is 24.3. The number of carbonyl (C=O) groups is 2. The molecule has 0 radical (unpaired) electrons. The summed E-state index contributed by atoms with van der Waals surface area (Å²) in [5.74, 6) is -1.72. The predicted octanol–water partition coefficient (Wildman–Crippen LogP) is 1.66. The first-order valence-electron chi connectivity index (χ1n) is 5.88. The van der Waals surface area contributed by atoms with Gasteiger partial charge in [0.1, 0.15) is 11.9 Å². The number of carboxylic acids is 1. The van der Waals surface area contributed by atoms with Crippen molar-refractivity contribution in [3.05, 3.63) is 35.6 Å². The van der Waals surface area contributed by atoms with E-state index < -0.39 is 12.0 Å². The molecule has 1 heterocycles. The molecule has 0 saturated carbocycles. The van der Waals surface area contributed by atoms with E-state index in [4.69, 9.17) is 11.6 Å². The lowest BCUT2D eigenvalue weighted by atomic mass is 10.0. The molecule has 0 bridgehead atoms. The highest BCUT2D eigenvalue weighted by atomic mass is 35.5. The van der Waals surface area contributed by atoms with Crippen molar-refractivity contribution in [2.75, 3.05) is 6.54 Å². The van der Waals surface area contributed by atoms with Crippen LogP contribution in [0.5, 0.6) is 0 Å². The number of rotatable bonds is 4. The monoisotopic (exact) mass is 285 g/mol. The van der Waals surface area contributed by atoms with Gasteiger partial charge in [-0.15, -0.1) is 11.6 Å². The fraction of sp³-hybridized carbons (Fsp3) is 0.385. The van der Waals surface area contributed by atoms with Crippen molar-refractivity contribution in [1.82, 2.24) is 4.90 Å². The van der Waals surface area contributed by atoms with E-state index >= 15 is 0 Å². The third kappa shape index (κ3) is 3.23. The first kappa shape index (κ1) is 13.8. The van der Waals surface area contributed by atoms with E-state index in [0.717, 1.165) is 0 Å². The van der Waals surface area contributed by atoms with Crippen LogP contribution in [0, 0.1) is 5.82 Å². The zero-order chi connectivity index (χ0) is 14.0. The molecule has 1 fully saturated rings. The molecule has 1 N–H and O–H groups in total. The lowest BCUT2D eigenvalue weighted by molar-refractivity contribution is -0.148. The normalized spacial score (nSPS) is 20.6. The van der Waals surface area contributed by atoms with Gasteiger partial charge in [-0.3, -0.25) is 4.79 Å². The summed E-state index contributed by atoms with van der Waals surface area (Å²) in [5.41, 5.74) is 0.666. The first-order chi connectivity index (χ1) is 8.97. The lowest BCUT2D eigenvalue weighted by Crippen LogP contribution is -2.43. The Morgan fingerprint density at radius 1 is 1.47 bits per heavy atom. The number of aliphatic carboxylic acids is 1. The molecule has 2 rings (SSSR count). The second-order valence-corrected chi connectivity index (χ2v) is 5.15. The molecule has 1 amide bonds. The molecule has 1 aliphatic rings. The summed E-state index contributed by atoms with van der Waals surface area (Å²) in [5, 5.41) is 8.90. The second kappa shape index (κ2) is 5.57. The average Bonchev–Trinajstić information content (AvgIpc) is 2.67. The Morgan fingerprint density at radius 3 is 2.58 bits per heavy atom. The number of likely N-dealkylation sites (tertiary alicyclic amines) is 1. The van der Waals surface area contributed by atoms with Crippen molar-refractivity contribution >= 4 is 23.5 Å². The van der Waals surface area contributed by atoms with Gasteiger partial charge in [0.25, 0.3) is 0 Å². The molecule has 2 atom stereocenters. The van der Waals surface area contributed by atoms with Crippen molar-refractivity contribution < 1.29 is 19.1 Å². The molecular weight excluding hydrogens is 273 g/mol. The van der Waals surface area contributed by atoms with Gasteiger partial charge >= 0.3 is 5.97 Å². The molecule has 1 aromatic carbocycles. The Hall–Kier alpha value is -1.62. The molecule has 19 heavy (non-hydrogen) atoms. The van der Waals surface area contributed by atoms with Gasteiger partial charge in [-0.2, -0.15) is 0 Å². The molecule has 6 heteroatoms. The van der Waals surface area contributed by atoms with Crippen molar-refractivity contribution in [3.8, 4) is 0 Å². The van der Waals surface area contributed by atoms with Crippen LogP contribution >= 0.6 is 11.6 Å².